The Kier molecular flexibility index (Phi) is 4.38. The van der Waals surface area contributed by atoms with E-state index in [1.807, 2.05) is 49.3 Å². The molecule has 0 saturated carbocycles. The average molecular weight is 326 g/mol. The second-order valence-electron chi connectivity index (χ2n) is 6.44. The minimum atomic E-state index is -0.260. The number of likely N-dealkylation sites (tertiary alicyclic amines) is 1. The normalized spacial score (nSPS) is 17.4. The molecule has 1 unspecified atom stereocenters. The highest BCUT2D eigenvalue weighted by molar-refractivity contribution is 5.89. The van der Waals surface area contributed by atoms with E-state index >= 15 is 0 Å². The van der Waals surface area contributed by atoms with Crippen LogP contribution in [0.4, 0.5) is 5.82 Å². The fraction of sp³-hybridized carbons (Fsp3) is 0.389. The smallest absolute Gasteiger partial charge is 0.225 e. The minimum absolute atomic E-state index is 0.0272. The van der Waals surface area contributed by atoms with E-state index in [-0.39, 0.29) is 17.7 Å². The topological polar surface area (TPSA) is 65.5 Å². The van der Waals surface area contributed by atoms with Crippen LogP contribution in [0.3, 0.4) is 0 Å². The number of amides is 2. The Morgan fingerprint density at radius 3 is 2.79 bits per heavy atom. The lowest BCUT2D eigenvalue weighted by molar-refractivity contribution is -0.128. The van der Waals surface area contributed by atoms with E-state index in [1.54, 1.807) is 11.9 Å². The number of fused-ring (bicyclic) bond motifs is 1. The largest absolute Gasteiger partial charge is 0.363 e. The Bertz CT molecular complexity index is 788. The molecule has 1 fully saturated rings. The Labute approximate surface area is 141 Å². The SMILES string of the molecule is CN1CC(C(=O)NCc2cc(N(C)C)nc3ccccc23)CC1=O. The summed E-state index contributed by atoms with van der Waals surface area (Å²) in [5, 5.41) is 4.01. The number of hydrogen-bond acceptors (Lipinski definition) is 4. The molecule has 2 aromatic rings. The number of aromatic nitrogens is 1. The molecule has 1 N–H and O–H groups in total. The van der Waals surface area contributed by atoms with Crippen molar-refractivity contribution in [3.63, 3.8) is 0 Å². The number of nitrogens with zero attached hydrogens (tertiary/aromatic N) is 3. The lowest BCUT2D eigenvalue weighted by Crippen LogP contribution is -2.31. The summed E-state index contributed by atoms with van der Waals surface area (Å²) in [6.07, 6.45) is 0.294. The zero-order valence-corrected chi connectivity index (χ0v) is 14.2. The first kappa shape index (κ1) is 16.2. The number of anilines is 1. The molecule has 1 aromatic heterocycles. The zero-order chi connectivity index (χ0) is 17.3. The van der Waals surface area contributed by atoms with Crippen LogP contribution in [-0.2, 0) is 16.1 Å². The van der Waals surface area contributed by atoms with Crippen molar-refractivity contribution < 1.29 is 9.59 Å². The predicted molar refractivity (Wildman–Crippen MR) is 93.7 cm³/mol. The van der Waals surface area contributed by atoms with Gasteiger partial charge in [0, 0.05) is 46.0 Å². The summed E-state index contributed by atoms with van der Waals surface area (Å²) in [4.78, 5) is 32.1. The third-order valence-corrected chi connectivity index (χ3v) is 4.41. The second-order valence-corrected chi connectivity index (χ2v) is 6.44. The van der Waals surface area contributed by atoms with Gasteiger partial charge in [-0.1, -0.05) is 18.2 Å². The third kappa shape index (κ3) is 3.18. The van der Waals surface area contributed by atoms with Crippen LogP contribution in [0.2, 0.25) is 0 Å². The summed E-state index contributed by atoms with van der Waals surface area (Å²) in [5.41, 5.74) is 1.93. The van der Waals surface area contributed by atoms with Gasteiger partial charge in [-0.25, -0.2) is 4.98 Å². The molecule has 1 aliphatic heterocycles. The molecule has 2 amide bonds. The molecule has 0 radical (unpaired) electrons. The van der Waals surface area contributed by atoms with Crippen molar-refractivity contribution in [3.8, 4) is 0 Å². The van der Waals surface area contributed by atoms with Crippen LogP contribution in [0, 0.1) is 5.92 Å². The molecule has 126 valence electrons. The maximum Gasteiger partial charge on any atom is 0.225 e. The minimum Gasteiger partial charge on any atom is -0.363 e. The van der Waals surface area contributed by atoms with Gasteiger partial charge in [0.05, 0.1) is 11.4 Å². The molecule has 6 heteroatoms. The van der Waals surface area contributed by atoms with Crippen molar-refractivity contribution in [2.45, 2.75) is 13.0 Å². The number of rotatable bonds is 4. The van der Waals surface area contributed by atoms with Crippen LogP contribution in [0.5, 0.6) is 0 Å². The van der Waals surface area contributed by atoms with Crippen molar-refractivity contribution in [2.24, 2.45) is 5.92 Å². The van der Waals surface area contributed by atoms with Crippen molar-refractivity contribution in [2.75, 3.05) is 32.6 Å². The summed E-state index contributed by atoms with van der Waals surface area (Å²) in [7, 11) is 5.62. The Balaban J connectivity index is 1.79. The molecule has 0 spiro atoms. The number of hydrogen-bond donors (Lipinski definition) is 1. The highest BCUT2D eigenvalue weighted by Crippen LogP contribution is 2.22. The molecular weight excluding hydrogens is 304 g/mol. The molecule has 24 heavy (non-hydrogen) atoms. The molecule has 1 aliphatic rings. The maximum absolute atomic E-state index is 12.3. The monoisotopic (exact) mass is 326 g/mol. The molecule has 6 nitrogen and oxygen atoms in total. The molecule has 3 rings (SSSR count). The second kappa shape index (κ2) is 6.47. The number of nitrogens with one attached hydrogen (secondary N) is 1. The van der Waals surface area contributed by atoms with Crippen molar-refractivity contribution in [3.05, 3.63) is 35.9 Å². The van der Waals surface area contributed by atoms with Crippen molar-refractivity contribution in [1.29, 1.82) is 0 Å². The fourth-order valence-corrected chi connectivity index (χ4v) is 2.97. The first-order valence-corrected chi connectivity index (χ1v) is 8.03. The Hall–Kier alpha value is -2.63. The lowest BCUT2D eigenvalue weighted by Gasteiger charge is -2.16. The van der Waals surface area contributed by atoms with E-state index < -0.39 is 0 Å². The molecular formula is C18H22N4O2. The molecule has 0 aliphatic carbocycles. The van der Waals surface area contributed by atoms with Gasteiger partial charge in [0.25, 0.3) is 0 Å². The number of benzene rings is 1. The number of para-hydroxylation sites is 1. The summed E-state index contributed by atoms with van der Waals surface area (Å²) in [5.74, 6) is 0.553. The van der Waals surface area contributed by atoms with Gasteiger partial charge in [-0.2, -0.15) is 0 Å². The zero-order valence-electron chi connectivity index (χ0n) is 14.2. The van der Waals surface area contributed by atoms with Crippen LogP contribution in [0.1, 0.15) is 12.0 Å². The lowest BCUT2D eigenvalue weighted by atomic mass is 10.1. The molecule has 1 atom stereocenters. The number of carbonyl (C=O) groups excluding carboxylic acids is 2. The summed E-state index contributed by atoms with van der Waals surface area (Å²) in [6, 6.07) is 9.90. The standard InChI is InChI=1S/C18H22N4O2/c1-21(2)16-8-12(14-6-4-5-7-15(14)20-16)10-19-18(24)13-9-17(23)22(3)11-13/h4-8,13H,9-11H2,1-3H3,(H,19,24). The van der Waals surface area contributed by atoms with Crippen LogP contribution in [0.25, 0.3) is 10.9 Å². The van der Waals surface area contributed by atoms with Gasteiger partial charge in [-0.15, -0.1) is 0 Å². The average Bonchev–Trinajstić information content (AvgIpc) is 2.91. The highest BCUT2D eigenvalue weighted by atomic mass is 16.2. The summed E-state index contributed by atoms with van der Waals surface area (Å²) >= 11 is 0. The Morgan fingerprint density at radius 1 is 1.38 bits per heavy atom. The molecule has 0 bridgehead atoms. The summed E-state index contributed by atoms with van der Waals surface area (Å²) in [6.45, 7) is 0.918. The van der Waals surface area contributed by atoms with Crippen LogP contribution >= 0.6 is 0 Å². The van der Waals surface area contributed by atoms with Gasteiger partial charge in [0.1, 0.15) is 5.82 Å². The van der Waals surface area contributed by atoms with E-state index in [4.69, 9.17) is 0 Å². The van der Waals surface area contributed by atoms with E-state index in [9.17, 15) is 9.59 Å². The molecule has 1 aromatic carbocycles. The van der Waals surface area contributed by atoms with Gasteiger partial charge in [0.15, 0.2) is 0 Å². The first-order valence-electron chi connectivity index (χ1n) is 8.03. The van der Waals surface area contributed by atoms with E-state index in [0.717, 1.165) is 22.3 Å². The quantitative estimate of drug-likeness (QED) is 0.922. The fourth-order valence-electron chi connectivity index (χ4n) is 2.97. The van der Waals surface area contributed by atoms with Gasteiger partial charge in [-0.3, -0.25) is 9.59 Å². The van der Waals surface area contributed by atoms with Gasteiger partial charge in [-0.05, 0) is 17.7 Å². The molecule has 2 heterocycles. The van der Waals surface area contributed by atoms with Crippen molar-refractivity contribution in [1.82, 2.24) is 15.2 Å². The Morgan fingerprint density at radius 2 is 2.12 bits per heavy atom. The number of pyridine rings is 1. The van der Waals surface area contributed by atoms with Crippen LogP contribution in [0.15, 0.2) is 30.3 Å². The highest BCUT2D eigenvalue weighted by Gasteiger charge is 2.31. The maximum atomic E-state index is 12.3. The van der Waals surface area contributed by atoms with Crippen LogP contribution < -0.4 is 10.2 Å². The third-order valence-electron chi connectivity index (χ3n) is 4.41. The summed E-state index contributed by atoms with van der Waals surface area (Å²) < 4.78 is 0. The van der Waals surface area contributed by atoms with E-state index in [2.05, 4.69) is 10.3 Å². The van der Waals surface area contributed by atoms with E-state index in [1.165, 1.54) is 0 Å². The van der Waals surface area contributed by atoms with Crippen molar-refractivity contribution >= 4 is 28.5 Å². The number of carbonyl (C=O) groups is 2. The predicted octanol–water partition coefficient (Wildman–Crippen LogP) is 1.40. The van der Waals surface area contributed by atoms with Gasteiger partial charge >= 0.3 is 0 Å². The van der Waals surface area contributed by atoms with Gasteiger partial charge in [0.2, 0.25) is 11.8 Å². The van der Waals surface area contributed by atoms with E-state index in [0.29, 0.717) is 19.5 Å². The first-order chi connectivity index (χ1) is 11.5. The van der Waals surface area contributed by atoms with Gasteiger partial charge < -0.3 is 15.1 Å². The molecule has 1 saturated heterocycles. The van der Waals surface area contributed by atoms with Crippen LogP contribution in [-0.4, -0.2) is 49.4 Å².